The first-order valence-corrected chi connectivity index (χ1v) is 11.0. The molecule has 2 aromatic carbocycles. The zero-order chi connectivity index (χ0) is 21.3. The molecule has 154 valence electrons. The molecular formula is C22H27N3O3S. The molecule has 0 unspecified atom stereocenters. The van der Waals surface area contributed by atoms with E-state index in [0.29, 0.717) is 12.1 Å². The number of terminal acetylenes is 1. The molecule has 1 amide bonds. The molecule has 0 atom stereocenters. The molecule has 0 saturated carbocycles. The van der Waals surface area contributed by atoms with Gasteiger partial charge in [-0.15, -0.1) is 6.42 Å². The molecule has 0 fully saturated rings. The van der Waals surface area contributed by atoms with E-state index in [1.807, 2.05) is 18.2 Å². The van der Waals surface area contributed by atoms with Crippen LogP contribution in [0.25, 0.3) is 0 Å². The third-order valence-electron chi connectivity index (χ3n) is 4.64. The predicted molar refractivity (Wildman–Crippen MR) is 115 cm³/mol. The van der Waals surface area contributed by atoms with E-state index in [4.69, 9.17) is 6.42 Å². The molecule has 0 saturated heterocycles. The summed E-state index contributed by atoms with van der Waals surface area (Å²) < 4.78 is 26.4. The number of carbonyl (C=O) groups is 1. The van der Waals surface area contributed by atoms with Gasteiger partial charge in [0.1, 0.15) is 0 Å². The first-order chi connectivity index (χ1) is 13.9. The second kappa shape index (κ2) is 10.8. The normalized spacial score (nSPS) is 11.2. The second-order valence-corrected chi connectivity index (χ2v) is 8.23. The van der Waals surface area contributed by atoms with Gasteiger partial charge in [-0.05, 0) is 48.5 Å². The minimum atomic E-state index is -3.67. The smallest absolute Gasteiger partial charge is 0.251 e. The summed E-state index contributed by atoms with van der Waals surface area (Å²) in [5, 5.41) is 2.91. The number of amides is 1. The molecule has 0 aliphatic carbocycles. The average Bonchev–Trinajstić information content (AvgIpc) is 2.75. The van der Waals surface area contributed by atoms with E-state index in [0.717, 1.165) is 25.2 Å². The van der Waals surface area contributed by atoms with Crippen molar-refractivity contribution in [2.24, 2.45) is 0 Å². The predicted octanol–water partition coefficient (Wildman–Crippen LogP) is 2.37. The largest absolute Gasteiger partial charge is 0.348 e. The number of nitrogens with zero attached hydrogens (tertiary/aromatic N) is 1. The van der Waals surface area contributed by atoms with Gasteiger partial charge in [-0.2, -0.15) is 4.72 Å². The van der Waals surface area contributed by atoms with Crippen LogP contribution in [0.2, 0.25) is 0 Å². The molecular weight excluding hydrogens is 386 g/mol. The van der Waals surface area contributed by atoms with E-state index in [9.17, 15) is 13.2 Å². The second-order valence-electron chi connectivity index (χ2n) is 6.47. The summed E-state index contributed by atoms with van der Waals surface area (Å²) in [6.45, 7) is 7.32. The Morgan fingerprint density at radius 1 is 1.03 bits per heavy atom. The van der Waals surface area contributed by atoms with E-state index >= 15 is 0 Å². The van der Waals surface area contributed by atoms with Gasteiger partial charge in [0.05, 0.1) is 11.4 Å². The van der Waals surface area contributed by atoms with Gasteiger partial charge in [0.2, 0.25) is 10.0 Å². The lowest BCUT2D eigenvalue weighted by Gasteiger charge is -2.20. The molecule has 0 bridgehead atoms. The minimum absolute atomic E-state index is 0.0638. The Kier molecular flexibility index (Phi) is 8.40. The highest BCUT2D eigenvalue weighted by molar-refractivity contribution is 7.89. The van der Waals surface area contributed by atoms with Crippen LogP contribution in [0.4, 0.5) is 0 Å². The third kappa shape index (κ3) is 6.43. The number of benzene rings is 2. The zero-order valence-electron chi connectivity index (χ0n) is 16.8. The highest BCUT2D eigenvalue weighted by Gasteiger charge is 2.14. The molecule has 7 heteroatoms. The number of hydrogen-bond donors (Lipinski definition) is 2. The van der Waals surface area contributed by atoms with Gasteiger partial charge >= 0.3 is 0 Å². The summed E-state index contributed by atoms with van der Waals surface area (Å²) in [4.78, 5) is 14.9. The molecule has 29 heavy (non-hydrogen) atoms. The highest BCUT2D eigenvalue weighted by atomic mass is 32.2. The van der Waals surface area contributed by atoms with Crippen molar-refractivity contribution in [2.75, 3.05) is 19.6 Å². The van der Waals surface area contributed by atoms with Crippen LogP contribution in [0, 0.1) is 12.3 Å². The lowest BCUT2D eigenvalue weighted by Crippen LogP contribution is -2.26. The Balaban J connectivity index is 2.04. The number of nitrogens with one attached hydrogen (secondary N) is 2. The Labute approximate surface area is 173 Å². The maximum Gasteiger partial charge on any atom is 0.251 e. The Morgan fingerprint density at radius 2 is 1.66 bits per heavy atom. The molecule has 0 aliphatic rings. The number of rotatable bonds is 10. The van der Waals surface area contributed by atoms with E-state index in [1.54, 1.807) is 0 Å². The van der Waals surface area contributed by atoms with E-state index < -0.39 is 10.0 Å². The molecule has 2 rings (SSSR count). The number of sulfonamides is 1. The van der Waals surface area contributed by atoms with Gasteiger partial charge in [-0.25, -0.2) is 8.42 Å². The van der Waals surface area contributed by atoms with Crippen LogP contribution >= 0.6 is 0 Å². The average molecular weight is 414 g/mol. The Bertz CT molecular complexity index is 960. The Morgan fingerprint density at radius 3 is 2.24 bits per heavy atom. The third-order valence-corrected chi connectivity index (χ3v) is 6.05. The monoisotopic (exact) mass is 413 g/mol. The fourth-order valence-electron chi connectivity index (χ4n) is 2.86. The van der Waals surface area contributed by atoms with Crippen LogP contribution in [0.15, 0.2) is 53.4 Å². The molecule has 6 nitrogen and oxygen atoms in total. The lowest BCUT2D eigenvalue weighted by atomic mass is 10.1. The van der Waals surface area contributed by atoms with Crippen LogP contribution in [0.3, 0.4) is 0 Å². The molecule has 0 radical (unpaired) electrons. The molecule has 0 heterocycles. The molecule has 0 aliphatic heterocycles. The molecule has 0 spiro atoms. The van der Waals surface area contributed by atoms with Gasteiger partial charge < -0.3 is 5.32 Å². The van der Waals surface area contributed by atoms with Gasteiger partial charge in [-0.1, -0.05) is 44.0 Å². The minimum Gasteiger partial charge on any atom is -0.348 e. The summed E-state index contributed by atoms with van der Waals surface area (Å²) in [6, 6.07) is 13.8. The van der Waals surface area contributed by atoms with Crippen molar-refractivity contribution in [3.63, 3.8) is 0 Å². The van der Waals surface area contributed by atoms with Crippen molar-refractivity contribution >= 4 is 15.9 Å². The van der Waals surface area contributed by atoms with Crippen LogP contribution in [0.1, 0.15) is 35.3 Å². The van der Waals surface area contributed by atoms with Crippen molar-refractivity contribution in [2.45, 2.75) is 31.8 Å². The summed E-state index contributed by atoms with van der Waals surface area (Å²) in [5.41, 5.74) is 2.63. The van der Waals surface area contributed by atoms with Gasteiger partial charge in [0.25, 0.3) is 5.91 Å². The summed E-state index contributed by atoms with van der Waals surface area (Å²) in [6.07, 6.45) is 5.08. The molecule has 2 N–H and O–H groups in total. The topological polar surface area (TPSA) is 78.5 Å². The van der Waals surface area contributed by atoms with Gasteiger partial charge in [0.15, 0.2) is 0 Å². The maximum absolute atomic E-state index is 12.5. The zero-order valence-corrected chi connectivity index (χ0v) is 17.6. The standard InChI is InChI=1S/C22H27N3O3S/c1-4-15-24-29(27,28)21-13-11-18(12-14-21)22(26)23-16-19-9-7-8-10-20(19)17-25(5-2)6-3/h1,7-14,24H,5-6,15-17H2,2-3H3,(H,23,26). The summed E-state index contributed by atoms with van der Waals surface area (Å²) in [7, 11) is -3.67. The lowest BCUT2D eigenvalue weighted by molar-refractivity contribution is 0.0950. The Hall–Kier alpha value is -2.66. The van der Waals surface area contributed by atoms with E-state index in [-0.39, 0.29) is 17.3 Å². The number of hydrogen-bond acceptors (Lipinski definition) is 4. The van der Waals surface area contributed by atoms with Crippen LogP contribution in [-0.2, 0) is 23.1 Å². The van der Waals surface area contributed by atoms with Crippen molar-refractivity contribution in [3.8, 4) is 12.3 Å². The summed E-state index contributed by atoms with van der Waals surface area (Å²) in [5.74, 6) is 1.96. The van der Waals surface area contributed by atoms with Crippen LogP contribution in [-0.4, -0.2) is 38.9 Å². The fraction of sp³-hybridized carbons (Fsp3) is 0.318. The molecule has 0 aromatic heterocycles. The fourth-order valence-corrected chi connectivity index (χ4v) is 3.79. The molecule has 2 aromatic rings. The first-order valence-electron chi connectivity index (χ1n) is 9.51. The first kappa shape index (κ1) is 22.6. The SMILES string of the molecule is C#CCNS(=O)(=O)c1ccc(C(=O)NCc2ccccc2CN(CC)CC)cc1. The quantitative estimate of drug-likeness (QED) is 0.586. The number of carbonyl (C=O) groups excluding carboxylic acids is 1. The summed E-state index contributed by atoms with van der Waals surface area (Å²) >= 11 is 0. The van der Waals surface area contributed by atoms with E-state index in [2.05, 4.69) is 40.8 Å². The van der Waals surface area contributed by atoms with E-state index in [1.165, 1.54) is 29.8 Å². The van der Waals surface area contributed by atoms with Crippen LogP contribution < -0.4 is 10.0 Å². The van der Waals surface area contributed by atoms with Crippen LogP contribution in [0.5, 0.6) is 0 Å². The van der Waals surface area contributed by atoms with Crippen molar-refractivity contribution in [1.82, 2.24) is 14.9 Å². The maximum atomic E-state index is 12.5. The van der Waals surface area contributed by atoms with Crippen molar-refractivity contribution in [1.29, 1.82) is 0 Å². The van der Waals surface area contributed by atoms with Gasteiger partial charge in [-0.3, -0.25) is 9.69 Å². The highest BCUT2D eigenvalue weighted by Crippen LogP contribution is 2.13. The van der Waals surface area contributed by atoms with Crippen molar-refractivity contribution in [3.05, 3.63) is 65.2 Å². The van der Waals surface area contributed by atoms with Gasteiger partial charge in [0, 0.05) is 18.7 Å². The van der Waals surface area contributed by atoms with Crippen molar-refractivity contribution < 1.29 is 13.2 Å².